The summed E-state index contributed by atoms with van der Waals surface area (Å²) in [5.41, 5.74) is -0.462. The second-order valence-electron chi connectivity index (χ2n) is 6.27. The molecule has 134 valence electrons. The molecule has 1 fully saturated rings. The molecule has 2 heterocycles. The Morgan fingerprint density at radius 3 is 2.64 bits per heavy atom. The van der Waals surface area contributed by atoms with Crippen molar-refractivity contribution in [1.29, 1.82) is 0 Å². The number of aromatic nitrogens is 1. The fourth-order valence-electron chi connectivity index (χ4n) is 3.31. The summed E-state index contributed by atoms with van der Waals surface area (Å²) in [4.78, 5) is 14.4. The largest absolute Gasteiger partial charge is 0.497 e. The molecule has 7 heteroatoms. The predicted molar refractivity (Wildman–Crippen MR) is 89.7 cm³/mol. The van der Waals surface area contributed by atoms with Crippen LogP contribution in [0.4, 0.5) is 0 Å². The first-order chi connectivity index (χ1) is 12.0. The van der Waals surface area contributed by atoms with Gasteiger partial charge in [-0.25, -0.2) is 0 Å². The van der Waals surface area contributed by atoms with E-state index in [1.165, 1.54) is 13.2 Å². The topological polar surface area (TPSA) is 85.0 Å². The predicted octanol–water partition coefficient (Wildman–Crippen LogP) is 2.20. The number of rotatable bonds is 5. The Labute approximate surface area is 146 Å². The Balaban J connectivity index is 1.85. The number of likely N-dealkylation sites (tertiary alicyclic amines) is 1. The number of amides is 1. The van der Waals surface area contributed by atoms with Crippen LogP contribution in [0.15, 0.2) is 34.9 Å². The lowest BCUT2D eigenvalue weighted by Crippen LogP contribution is -2.48. The molecule has 7 nitrogen and oxygen atoms in total. The van der Waals surface area contributed by atoms with Gasteiger partial charge in [0, 0.05) is 6.54 Å². The van der Waals surface area contributed by atoms with E-state index in [9.17, 15) is 9.90 Å². The van der Waals surface area contributed by atoms with E-state index >= 15 is 0 Å². The Morgan fingerprint density at radius 2 is 2.04 bits per heavy atom. The maximum atomic E-state index is 12.8. The van der Waals surface area contributed by atoms with E-state index in [1.807, 2.05) is 12.1 Å². The highest BCUT2D eigenvalue weighted by molar-refractivity contribution is 5.92. The SMILES string of the molecule is COc1ccc(C(C)(O)C2CCCN2C(=O)c2cc(OC)no2)cc1. The van der Waals surface area contributed by atoms with Crippen LogP contribution >= 0.6 is 0 Å². The van der Waals surface area contributed by atoms with Crippen molar-refractivity contribution in [3.05, 3.63) is 41.7 Å². The summed E-state index contributed by atoms with van der Waals surface area (Å²) in [6.07, 6.45) is 1.52. The highest BCUT2D eigenvalue weighted by atomic mass is 16.5. The summed E-state index contributed by atoms with van der Waals surface area (Å²) < 4.78 is 15.2. The van der Waals surface area contributed by atoms with Gasteiger partial charge in [0.25, 0.3) is 11.8 Å². The zero-order valence-electron chi connectivity index (χ0n) is 14.6. The van der Waals surface area contributed by atoms with Crippen molar-refractivity contribution in [3.8, 4) is 11.6 Å². The molecule has 3 rings (SSSR count). The maximum Gasteiger partial charge on any atom is 0.292 e. The molecular weight excluding hydrogens is 324 g/mol. The van der Waals surface area contributed by atoms with Gasteiger partial charge in [0.2, 0.25) is 5.76 Å². The quantitative estimate of drug-likeness (QED) is 0.893. The number of hydrogen-bond donors (Lipinski definition) is 1. The zero-order chi connectivity index (χ0) is 18.0. The van der Waals surface area contributed by atoms with Crippen LogP contribution in [0.5, 0.6) is 11.6 Å². The van der Waals surface area contributed by atoms with E-state index in [-0.39, 0.29) is 23.6 Å². The summed E-state index contributed by atoms with van der Waals surface area (Å²) >= 11 is 0. The van der Waals surface area contributed by atoms with Crippen molar-refractivity contribution >= 4 is 5.91 Å². The minimum atomic E-state index is -1.19. The minimum Gasteiger partial charge on any atom is -0.497 e. The van der Waals surface area contributed by atoms with Gasteiger partial charge in [-0.1, -0.05) is 12.1 Å². The fraction of sp³-hybridized carbons (Fsp3) is 0.444. The summed E-state index contributed by atoms with van der Waals surface area (Å²) in [6.45, 7) is 2.28. The summed E-state index contributed by atoms with van der Waals surface area (Å²) in [7, 11) is 3.05. The number of nitrogens with zero attached hydrogens (tertiary/aromatic N) is 2. The molecular formula is C18H22N2O5. The van der Waals surface area contributed by atoms with Crippen molar-refractivity contribution < 1.29 is 23.9 Å². The van der Waals surface area contributed by atoms with E-state index < -0.39 is 5.60 Å². The van der Waals surface area contributed by atoms with Gasteiger partial charge in [-0.15, -0.1) is 0 Å². The normalized spacial score (nSPS) is 19.5. The molecule has 0 radical (unpaired) electrons. The summed E-state index contributed by atoms with van der Waals surface area (Å²) in [5, 5.41) is 14.8. The lowest BCUT2D eigenvalue weighted by atomic mass is 9.86. The molecule has 0 bridgehead atoms. The highest BCUT2D eigenvalue weighted by Gasteiger charge is 2.43. The van der Waals surface area contributed by atoms with Gasteiger partial charge < -0.3 is 24.0 Å². The second-order valence-corrected chi connectivity index (χ2v) is 6.27. The van der Waals surface area contributed by atoms with Crippen molar-refractivity contribution in [2.24, 2.45) is 0 Å². The Morgan fingerprint density at radius 1 is 1.32 bits per heavy atom. The second kappa shape index (κ2) is 6.76. The monoisotopic (exact) mass is 346 g/mol. The van der Waals surface area contributed by atoms with Crippen LogP contribution in [-0.4, -0.2) is 47.9 Å². The van der Waals surface area contributed by atoms with Gasteiger partial charge >= 0.3 is 0 Å². The van der Waals surface area contributed by atoms with Crippen LogP contribution in [0.1, 0.15) is 35.9 Å². The van der Waals surface area contributed by atoms with Crippen LogP contribution in [0.3, 0.4) is 0 Å². The molecule has 2 atom stereocenters. The molecule has 1 amide bonds. The van der Waals surface area contributed by atoms with Gasteiger partial charge in [0.15, 0.2) is 0 Å². The molecule has 0 aliphatic carbocycles. The first-order valence-electron chi connectivity index (χ1n) is 8.16. The van der Waals surface area contributed by atoms with Gasteiger partial charge in [0.05, 0.1) is 26.3 Å². The van der Waals surface area contributed by atoms with Crippen molar-refractivity contribution in [1.82, 2.24) is 10.1 Å². The van der Waals surface area contributed by atoms with Gasteiger partial charge in [-0.05, 0) is 42.6 Å². The third-order valence-corrected chi connectivity index (χ3v) is 4.75. The number of hydrogen-bond acceptors (Lipinski definition) is 6. The number of aliphatic hydroxyl groups is 1. The first-order valence-corrected chi connectivity index (χ1v) is 8.16. The van der Waals surface area contributed by atoms with Gasteiger partial charge in [0.1, 0.15) is 11.4 Å². The summed E-state index contributed by atoms with van der Waals surface area (Å²) in [6, 6.07) is 8.33. The number of carbonyl (C=O) groups excluding carboxylic acids is 1. The van der Waals surface area contributed by atoms with Crippen molar-refractivity contribution in [2.75, 3.05) is 20.8 Å². The number of benzene rings is 1. The molecule has 0 spiro atoms. The molecule has 1 aromatic carbocycles. The van der Waals surface area contributed by atoms with Crippen molar-refractivity contribution in [2.45, 2.75) is 31.4 Å². The van der Waals surface area contributed by atoms with E-state index in [4.69, 9.17) is 14.0 Å². The van der Waals surface area contributed by atoms with Crippen molar-refractivity contribution in [3.63, 3.8) is 0 Å². The fourth-order valence-corrected chi connectivity index (χ4v) is 3.31. The molecule has 1 saturated heterocycles. The third-order valence-electron chi connectivity index (χ3n) is 4.75. The lowest BCUT2D eigenvalue weighted by Gasteiger charge is -2.36. The van der Waals surface area contributed by atoms with E-state index in [2.05, 4.69) is 5.16 Å². The van der Waals surface area contributed by atoms with E-state index in [1.54, 1.807) is 31.1 Å². The lowest BCUT2D eigenvalue weighted by molar-refractivity contribution is -0.0187. The molecule has 0 saturated carbocycles. The van der Waals surface area contributed by atoms with Crippen LogP contribution in [0, 0.1) is 0 Å². The first kappa shape index (κ1) is 17.3. The van der Waals surface area contributed by atoms with Crippen LogP contribution in [0.25, 0.3) is 0 Å². The van der Waals surface area contributed by atoms with Crippen LogP contribution in [0.2, 0.25) is 0 Å². The Hall–Kier alpha value is -2.54. The molecule has 2 unspecified atom stereocenters. The average molecular weight is 346 g/mol. The van der Waals surface area contributed by atoms with Gasteiger partial charge in [-0.2, -0.15) is 0 Å². The number of ether oxygens (including phenoxy) is 2. The van der Waals surface area contributed by atoms with E-state index in [0.29, 0.717) is 18.7 Å². The minimum absolute atomic E-state index is 0.106. The molecule has 1 aliphatic rings. The molecule has 2 aromatic rings. The molecule has 1 aromatic heterocycles. The third kappa shape index (κ3) is 3.19. The molecule has 1 N–H and O–H groups in total. The van der Waals surface area contributed by atoms with Gasteiger partial charge in [-0.3, -0.25) is 4.79 Å². The summed E-state index contributed by atoms with van der Waals surface area (Å²) in [5.74, 6) is 0.773. The smallest absolute Gasteiger partial charge is 0.292 e. The van der Waals surface area contributed by atoms with Crippen LogP contribution in [-0.2, 0) is 5.60 Å². The zero-order valence-corrected chi connectivity index (χ0v) is 14.6. The average Bonchev–Trinajstić information content (AvgIpc) is 3.30. The Bertz CT molecular complexity index is 738. The standard InChI is InChI=1S/C18H22N2O5/c1-18(22,12-6-8-13(23-2)9-7-12)15-5-4-10-20(15)17(21)14-11-16(24-3)19-25-14/h6-9,11,15,22H,4-5,10H2,1-3H3. The van der Waals surface area contributed by atoms with Crippen LogP contribution < -0.4 is 9.47 Å². The number of carbonyl (C=O) groups is 1. The maximum absolute atomic E-state index is 12.8. The van der Waals surface area contributed by atoms with E-state index in [0.717, 1.165) is 12.0 Å². The molecule has 1 aliphatic heterocycles. The molecule has 25 heavy (non-hydrogen) atoms. The Kier molecular flexibility index (Phi) is 4.67. The highest BCUT2D eigenvalue weighted by Crippen LogP contribution is 2.36. The number of methoxy groups -OCH3 is 2.